The van der Waals surface area contributed by atoms with Gasteiger partial charge in [-0.2, -0.15) is 9.97 Å². The zero-order valence-corrected chi connectivity index (χ0v) is 11.5. The van der Waals surface area contributed by atoms with Crippen LogP contribution in [-0.4, -0.2) is 43.1 Å². The zero-order valence-electron chi connectivity index (χ0n) is 11.5. The average molecular weight is 265 g/mol. The van der Waals surface area contributed by atoms with Gasteiger partial charge in [0, 0.05) is 19.0 Å². The number of anilines is 1. The van der Waals surface area contributed by atoms with Gasteiger partial charge in [-0.25, -0.2) is 0 Å². The summed E-state index contributed by atoms with van der Waals surface area (Å²) in [6, 6.07) is 1.63. The quantitative estimate of drug-likeness (QED) is 0.817. The molecule has 0 N–H and O–H groups in total. The monoisotopic (exact) mass is 265 g/mol. The number of carbonyl (C=O) groups is 1. The van der Waals surface area contributed by atoms with Crippen molar-refractivity contribution in [1.29, 1.82) is 0 Å². The molecule has 1 aliphatic rings. The van der Waals surface area contributed by atoms with Gasteiger partial charge in [0.25, 0.3) is 0 Å². The van der Waals surface area contributed by atoms with Gasteiger partial charge in [0.2, 0.25) is 17.7 Å². The Morgan fingerprint density at radius 2 is 1.95 bits per heavy atom. The smallest absolute Gasteiger partial charge is 0.231 e. The fourth-order valence-electron chi connectivity index (χ4n) is 2.23. The maximum atomic E-state index is 11.5. The third-order valence-corrected chi connectivity index (χ3v) is 3.36. The van der Waals surface area contributed by atoms with Crippen LogP contribution < -0.4 is 14.4 Å². The molecule has 19 heavy (non-hydrogen) atoms. The number of hydrogen-bond acceptors (Lipinski definition) is 6. The van der Waals surface area contributed by atoms with E-state index in [1.165, 1.54) is 0 Å². The highest BCUT2D eigenvalue weighted by molar-refractivity contribution is 5.79. The average Bonchev–Trinajstić information content (AvgIpc) is 2.46. The van der Waals surface area contributed by atoms with Crippen LogP contribution in [0.1, 0.15) is 19.8 Å². The summed E-state index contributed by atoms with van der Waals surface area (Å²) in [6.45, 7) is 3.15. The number of hydrogen-bond donors (Lipinski definition) is 0. The molecule has 104 valence electrons. The van der Waals surface area contributed by atoms with Crippen molar-refractivity contribution in [1.82, 2.24) is 9.97 Å². The summed E-state index contributed by atoms with van der Waals surface area (Å²) >= 11 is 0. The molecule has 0 bridgehead atoms. The molecule has 6 heteroatoms. The topological polar surface area (TPSA) is 64.6 Å². The van der Waals surface area contributed by atoms with Crippen molar-refractivity contribution in [2.45, 2.75) is 19.8 Å². The molecule has 1 fully saturated rings. The molecule has 2 rings (SSSR count). The molecule has 0 spiro atoms. The second kappa shape index (κ2) is 5.86. The van der Waals surface area contributed by atoms with Gasteiger partial charge in [-0.05, 0) is 19.8 Å². The molecule has 1 saturated heterocycles. The number of ether oxygens (including phenoxy) is 2. The molecule has 2 heterocycles. The summed E-state index contributed by atoms with van der Waals surface area (Å²) in [7, 11) is 3.11. The summed E-state index contributed by atoms with van der Waals surface area (Å²) in [5.74, 6) is 1.77. The van der Waals surface area contributed by atoms with Crippen LogP contribution in [0.25, 0.3) is 0 Å². The lowest BCUT2D eigenvalue weighted by Crippen LogP contribution is -2.39. The Balaban J connectivity index is 2.22. The van der Waals surface area contributed by atoms with E-state index in [1.54, 1.807) is 27.2 Å². The van der Waals surface area contributed by atoms with Crippen LogP contribution in [-0.2, 0) is 4.79 Å². The van der Waals surface area contributed by atoms with E-state index in [0.717, 1.165) is 19.4 Å². The Morgan fingerprint density at radius 3 is 2.47 bits per heavy atom. The Labute approximate surface area is 112 Å². The van der Waals surface area contributed by atoms with E-state index < -0.39 is 0 Å². The van der Waals surface area contributed by atoms with E-state index in [-0.39, 0.29) is 11.7 Å². The minimum Gasteiger partial charge on any atom is -0.481 e. The number of nitrogens with zero attached hydrogens (tertiary/aromatic N) is 3. The largest absolute Gasteiger partial charge is 0.481 e. The highest BCUT2D eigenvalue weighted by Gasteiger charge is 2.25. The summed E-state index contributed by atoms with van der Waals surface area (Å²) in [5, 5.41) is 0. The van der Waals surface area contributed by atoms with Crippen LogP contribution in [0.4, 0.5) is 5.95 Å². The molecule has 6 nitrogen and oxygen atoms in total. The summed E-state index contributed by atoms with van der Waals surface area (Å²) in [5.41, 5.74) is 0. The molecule has 0 aromatic carbocycles. The van der Waals surface area contributed by atoms with Crippen molar-refractivity contribution in [2.75, 3.05) is 32.2 Å². The van der Waals surface area contributed by atoms with E-state index in [9.17, 15) is 4.79 Å². The summed E-state index contributed by atoms with van der Waals surface area (Å²) < 4.78 is 10.3. The van der Waals surface area contributed by atoms with Crippen molar-refractivity contribution < 1.29 is 14.3 Å². The van der Waals surface area contributed by atoms with E-state index in [0.29, 0.717) is 24.3 Å². The maximum Gasteiger partial charge on any atom is 0.231 e. The Morgan fingerprint density at radius 1 is 1.32 bits per heavy atom. The predicted molar refractivity (Wildman–Crippen MR) is 70.8 cm³/mol. The zero-order chi connectivity index (χ0) is 13.8. The van der Waals surface area contributed by atoms with Gasteiger partial charge in [-0.3, -0.25) is 4.79 Å². The molecular weight excluding hydrogens is 246 g/mol. The van der Waals surface area contributed by atoms with E-state index in [1.807, 2.05) is 4.90 Å². The van der Waals surface area contributed by atoms with Gasteiger partial charge >= 0.3 is 0 Å². The Kier molecular flexibility index (Phi) is 4.19. The molecule has 0 radical (unpaired) electrons. The molecule has 1 atom stereocenters. The van der Waals surface area contributed by atoms with Crippen LogP contribution in [0.2, 0.25) is 0 Å². The Hall–Kier alpha value is -1.85. The summed E-state index contributed by atoms with van der Waals surface area (Å²) in [4.78, 5) is 22.2. The minimum absolute atomic E-state index is 0.0644. The predicted octanol–water partition coefficient (Wildman–Crippen LogP) is 1.30. The fraction of sp³-hybridized carbons (Fsp3) is 0.615. The van der Waals surface area contributed by atoms with Gasteiger partial charge < -0.3 is 14.4 Å². The maximum absolute atomic E-state index is 11.5. The first-order valence-electron chi connectivity index (χ1n) is 6.36. The number of piperidine rings is 1. The highest BCUT2D eigenvalue weighted by atomic mass is 16.5. The lowest BCUT2D eigenvalue weighted by molar-refractivity contribution is -0.120. The lowest BCUT2D eigenvalue weighted by atomic mass is 9.95. The lowest BCUT2D eigenvalue weighted by Gasteiger charge is -2.31. The number of carbonyl (C=O) groups excluding carboxylic acids is 1. The number of rotatable bonds is 4. The third-order valence-electron chi connectivity index (χ3n) is 3.36. The number of aromatic nitrogens is 2. The van der Waals surface area contributed by atoms with Gasteiger partial charge in [-0.15, -0.1) is 0 Å². The molecule has 0 amide bonds. The van der Waals surface area contributed by atoms with Gasteiger partial charge in [0.15, 0.2) is 0 Å². The number of Topliss-reactive ketones (excluding diaryl/α,β-unsaturated/α-hetero) is 1. The first kappa shape index (κ1) is 13.6. The van der Waals surface area contributed by atoms with E-state index in [4.69, 9.17) is 9.47 Å². The first-order valence-corrected chi connectivity index (χ1v) is 6.36. The van der Waals surface area contributed by atoms with Crippen molar-refractivity contribution >= 4 is 11.7 Å². The molecule has 1 aliphatic heterocycles. The van der Waals surface area contributed by atoms with Crippen LogP contribution in [0.3, 0.4) is 0 Å². The Bertz CT molecular complexity index is 442. The second-order valence-corrected chi connectivity index (χ2v) is 4.65. The van der Waals surface area contributed by atoms with Crippen LogP contribution >= 0.6 is 0 Å². The van der Waals surface area contributed by atoms with Crippen molar-refractivity contribution in [3.05, 3.63) is 6.07 Å². The van der Waals surface area contributed by atoms with Crippen LogP contribution in [0.15, 0.2) is 6.07 Å². The normalized spacial score (nSPS) is 19.1. The van der Waals surface area contributed by atoms with Gasteiger partial charge in [0.05, 0.1) is 20.3 Å². The SMILES string of the molecule is COc1cc(OC)nc(N2CCCC(C(C)=O)C2)n1. The van der Waals surface area contributed by atoms with Crippen molar-refractivity contribution in [2.24, 2.45) is 5.92 Å². The van der Waals surface area contributed by atoms with Crippen LogP contribution in [0.5, 0.6) is 11.8 Å². The second-order valence-electron chi connectivity index (χ2n) is 4.65. The first-order chi connectivity index (χ1) is 9.13. The van der Waals surface area contributed by atoms with Crippen LogP contribution in [0, 0.1) is 5.92 Å². The fourth-order valence-corrected chi connectivity index (χ4v) is 2.23. The third kappa shape index (κ3) is 3.13. The van der Waals surface area contributed by atoms with Crippen molar-refractivity contribution in [3.8, 4) is 11.8 Å². The molecular formula is C13H19N3O3. The van der Waals surface area contributed by atoms with E-state index in [2.05, 4.69) is 9.97 Å². The molecule has 0 aliphatic carbocycles. The number of ketones is 1. The summed E-state index contributed by atoms with van der Waals surface area (Å²) in [6.07, 6.45) is 1.90. The molecule has 1 aromatic rings. The standard InChI is InChI=1S/C13H19N3O3/c1-9(17)10-5-4-6-16(8-10)13-14-11(18-2)7-12(15-13)19-3/h7,10H,4-6,8H2,1-3H3. The molecule has 1 aromatic heterocycles. The number of methoxy groups -OCH3 is 2. The molecule has 1 unspecified atom stereocenters. The van der Waals surface area contributed by atoms with E-state index >= 15 is 0 Å². The minimum atomic E-state index is 0.0644. The van der Waals surface area contributed by atoms with Gasteiger partial charge in [0.1, 0.15) is 5.78 Å². The van der Waals surface area contributed by atoms with Gasteiger partial charge in [-0.1, -0.05) is 0 Å². The van der Waals surface area contributed by atoms with Crippen molar-refractivity contribution in [3.63, 3.8) is 0 Å². The molecule has 0 saturated carbocycles. The highest BCUT2D eigenvalue weighted by Crippen LogP contribution is 2.25.